The molecule has 14 heavy (non-hydrogen) atoms. The van der Waals surface area contributed by atoms with Crippen LogP contribution in [0.3, 0.4) is 0 Å². The van der Waals surface area contributed by atoms with Crippen LogP contribution >= 0.6 is 0 Å². The first-order valence-electron chi connectivity index (χ1n) is 4.56. The summed E-state index contributed by atoms with van der Waals surface area (Å²) in [7, 11) is 0. The number of hydrogen-bond acceptors (Lipinski definition) is 2. The van der Waals surface area contributed by atoms with Crippen molar-refractivity contribution < 1.29 is 5.11 Å². The molecular weight excluding hydrogens is 176 g/mol. The average molecular weight is 188 g/mol. The Bertz CT molecular complexity index is 407. The van der Waals surface area contributed by atoms with Gasteiger partial charge < -0.3 is 5.11 Å². The highest BCUT2D eigenvalue weighted by molar-refractivity contribution is 5.41. The van der Waals surface area contributed by atoms with Gasteiger partial charge in [-0.05, 0) is 19.1 Å². The number of aromatic nitrogens is 2. The fourth-order valence-electron chi connectivity index (χ4n) is 1.46. The van der Waals surface area contributed by atoms with Crippen LogP contribution in [0.1, 0.15) is 18.6 Å². The van der Waals surface area contributed by atoms with Crippen LogP contribution in [0.4, 0.5) is 0 Å². The summed E-state index contributed by atoms with van der Waals surface area (Å²) in [5.41, 5.74) is 1.81. The van der Waals surface area contributed by atoms with Gasteiger partial charge in [-0.1, -0.05) is 18.2 Å². The van der Waals surface area contributed by atoms with Gasteiger partial charge in [0.2, 0.25) is 0 Å². The average Bonchev–Trinajstić information content (AvgIpc) is 2.70. The van der Waals surface area contributed by atoms with Crippen molar-refractivity contribution in [1.82, 2.24) is 9.78 Å². The van der Waals surface area contributed by atoms with Gasteiger partial charge in [-0.2, -0.15) is 5.10 Å². The van der Waals surface area contributed by atoms with E-state index in [1.165, 1.54) is 0 Å². The van der Waals surface area contributed by atoms with Crippen LogP contribution in [0.25, 0.3) is 5.69 Å². The molecule has 1 N–H and O–H groups in total. The molecule has 72 valence electrons. The number of para-hydroxylation sites is 1. The van der Waals surface area contributed by atoms with Crippen molar-refractivity contribution in [3.05, 3.63) is 48.3 Å². The zero-order valence-corrected chi connectivity index (χ0v) is 7.96. The summed E-state index contributed by atoms with van der Waals surface area (Å²) in [6.07, 6.45) is 3.11. The Hall–Kier alpha value is -1.61. The van der Waals surface area contributed by atoms with E-state index in [0.29, 0.717) is 0 Å². The van der Waals surface area contributed by atoms with Crippen LogP contribution in [0, 0.1) is 0 Å². The maximum Gasteiger partial charge on any atom is 0.0782 e. The predicted octanol–water partition coefficient (Wildman–Crippen LogP) is 1.93. The van der Waals surface area contributed by atoms with Gasteiger partial charge >= 0.3 is 0 Å². The molecule has 0 radical (unpaired) electrons. The minimum atomic E-state index is -0.476. The highest BCUT2D eigenvalue weighted by Gasteiger charge is 2.07. The summed E-state index contributed by atoms with van der Waals surface area (Å²) < 4.78 is 1.75. The molecule has 0 unspecified atom stereocenters. The quantitative estimate of drug-likeness (QED) is 0.782. The van der Waals surface area contributed by atoms with Gasteiger partial charge in [-0.3, -0.25) is 0 Å². The smallest absolute Gasteiger partial charge is 0.0782 e. The Morgan fingerprint density at radius 2 is 2.07 bits per heavy atom. The van der Waals surface area contributed by atoms with Crippen LogP contribution in [-0.2, 0) is 0 Å². The highest BCUT2D eigenvalue weighted by Crippen LogP contribution is 2.20. The third-order valence-corrected chi connectivity index (χ3v) is 2.14. The zero-order valence-electron chi connectivity index (χ0n) is 7.96. The lowest BCUT2D eigenvalue weighted by Gasteiger charge is -2.11. The molecule has 0 saturated heterocycles. The highest BCUT2D eigenvalue weighted by atomic mass is 16.3. The molecule has 1 aromatic heterocycles. The Labute approximate surface area is 82.6 Å². The van der Waals surface area contributed by atoms with Crippen molar-refractivity contribution in [1.29, 1.82) is 0 Å². The summed E-state index contributed by atoms with van der Waals surface area (Å²) in [4.78, 5) is 0. The normalized spacial score (nSPS) is 12.7. The molecule has 0 spiro atoms. The van der Waals surface area contributed by atoms with E-state index in [2.05, 4.69) is 5.10 Å². The van der Waals surface area contributed by atoms with Crippen LogP contribution < -0.4 is 0 Å². The van der Waals surface area contributed by atoms with E-state index in [9.17, 15) is 5.11 Å². The fourth-order valence-corrected chi connectivity index (χ4v) is 1.46. The lowest BCUT2D eigenvalue weighted by Crippen LogP contribution is -2.02. The van der Waals surface area contributed by atoms with Gasteiger partial charge in [0.15, 0.2) is 0 Å². The topological polar surface area (TPSA) is 38.0 Å². The SMILES string of the molecule is C[C@@H](O)c1ccccc1-n1cccn1. The van der Waals surface area contributed by atoms with Crippen LogP contribution in [-0.4, -0.2) is 14.9 Å². The summed E-state index contributed by atoms with van der Waals surface area (Å²) >= 11 is 0. The molecule has 1 atom stereocenters. The standard InChI is InChI=1S/C11H12N2O/c1-9(14)10-5-2-3-6-11(10)13-8-4-7-12-13/h2-9,14H,1H3/t9-/m1/s1. The molecule has 3 nitrogen and oxygen atoms in total. The molecule has 0 amide bonds. The van der Waals surface area contributed by atoms with Gasteiger partial charge in [-0.15, -0.1) is 0 Å². The van der Waals surface area contributed by atoms with E-state index in [1.807, 2.05) is 36.5 Å². The number of aliphatic hydroxyl groups excluding tert-OH is 1. The lowest BCUT2D eigenvalue weighted by molar-refractivity contribution is 0.199. The van der Waals surface area contributed by atoms with E-state index in [0.717, 1.165) is 11.3 Å². The molecule has 2 aromatic rings. The van der Waals surface area contributed by atoms with E-state index < -0.39 is 6.10 Å². The number of benzene rings is 1. The molecule has 2 rings (SSSR count). The maximum absolute atomic E-state index is 9.56. The monoisotopic (exact) mass is 188 g/mol. The van der Waals surface area contributed by atoms with Crippen LogP contribution in [0.5, 0.6) is 0 Å². The number of rotatable bonds is 2. The van der Waals surface area contributed by atoms with Gasteiger partial charge in [0.05, 0.1) is 11.8 Å². The van der Waals surface area contributed by atoms with E-state index >= 15 is 0 Å². The molecule has 1 heterocycles. The summed E-state index contributed by atoms with van der Waals surface area (Å²) in [6, 6.07) is 9.55. The van der Waals surface area contributed by atoms with Gasteiger partial charge in [0, 0.05) is 18.0 Å². The minimum absolute atomic E-state index is 0.476. The molecular formula is C11H12N2O. The van der Waals surface area contributed by atoms with Crippen molar-refractivity contribution in [2.24, 2.45) is 0 Å². The molecule has 0 aliphatic rings. The predicted molar refractivity (Wildman–Crippen MR) is 54.2 cm³/mol. The second-order valence-corrected chi connectivity index (χ2v) is 3.19. The third-order valence-electron chi connectivity index (χ3n) is 2.14. The Morgan fingerprint density at radius 1 is 1.29 bits per heavy atom. The molecule has 0 aliphatic carbocycles. The number of hydrogen-bond donors (Lipinski definition) is 1. The van der Waals surface area contributed by atoms with E-state index in [4.69, 9.17) is 0 Å². The van der Waals surface area contributed by atoms with E-state index in [1.54, 1.807) is 17.8 Å². The van der Waals surface area contributed by atoms with E-state index in [-0.39, 0.29) is 0 Å². The second-order valence-electron chi connectivity index (χ2n) is 3.19. The second kappa shape index (κ2) is 3.64. The maximum atomic E-state index is 9.56. The minimum Gasteiger partial charge on any atom is -0.389 e. The first-order chi connectivity index (χ1) is 6.79. The lowest BCUT2D eigenvalue weighted by atomic mass is 10.1. The van der Waals surface area contributed by atoms with Crippen molar-refractivity contribution in [2.45, 2.75) is 13.0 Å². The third kappa shape index (κ3) is 1.54. The van der Waals surface area contributed by atoms with Crippen LogP contribution in [0.2, 0.25) is 0 Å². The Balaban J connectivity index is 2.53. The Kier molecular flexibility index (Phi) is 2.33. The number of nitrogens with zero attached hydrogens (tertiary/aromatic N) is 2. The van der Waals surface area contributed by atoms with Crippen molar-refractivity contribution in [2.75, 3.05) is 0 Å². The largest absolute Gasteiger partial charge is 0.389 e. The first-order valence-corrected chi connectivity index (χ1v) is 4.56. The molecule has 0 fully saturated rings. The summed E-state index contributed by atoms with van der Waals surface area (Å²) in [5.74, 6) is 0. The fraction of sp³-hybridized carbons (Fsp3) is 0.182. The van der Waals surface area contributed by atoms with Gasteiger partial charge in [-0.25, -0.2) is 4.68 Å². The molecule has 0 aliphatic heterocycles. The van der Waals surface area contributed by atoms with Crippen molar-refractivity contribution >= 4 is 0 Å². The molecule has 1 aromatic carbocycles. The molecule has 0 bridgehead atoms. The first kappa shape index (κ1) is 8.97. The van der Waals surface area contributed by atoms with Gasteiger partial charge in [0.1, 0.15) is 0 Å². The Morgan fingerprint density at radius 3 is 2.71 bits per heavy atom. The van der Waals surface area contributed by atoms with Gasteiger partial charge in [0.25, 0.3) is 0 Å². The zero-order chi connectivity index (χ0) is 9.97. The van der Waals surface area contributed by atoms with Crippen molar-refractivity contribution in [3.63, 3.8) is 0 Å². The summed E-state index contributed by atoms with van der Waals surface area (Å²) in [6.45, 7) is 1.75. The molecule has 0 saturated carbocycles. The number of aliphatic hydroxyl groups is 1. The molecule has 3 heteroatoms. The summed E-state index contributed by atoms with van der Waals surface area (Å²) in [5, 5.41) is 13.7. The van der Waals surface area contributed by atoms with Crippen molar-refractivity contribution in [3.8, 4) is 5.69 Å². The van der Waals surface area contributed by atoms with Crippen LogP contribution in [0.15, 0.2) is 42.7 Å².